The average molecular weight is 306 g/mol. The monoisotopic (exact) mass is 306 g/mol. The predicted molar refractivity (Wildman–Crippen MR) is 77.6 cm³/mol. The molecule has 1 rings (SSSR count). The Labute approximate surface area is 121 Å². The zero-order chi connectivity index (χ0) is 15.5. The maximum atomic E-state index is 12.6. The van der Waals surface area contributed by atoms with Crippen molar-refractivity contribution in [3.8, 4) is 0 Å². The van der Waals surface area contributed by atoms with Gasteiger partial charge in [-0.25, -0.2) is 13.1 Å². The van der Waals surface area contributed by atoms with Gasteiger partial charge in [0, 0.05) is 6.54 Å². The summed E-state index contributed by atoms with van der Waals surface area (Å²) in [5, 5.41) is 9.42. The van der Waals surface area contributed by atoms with Crippen LogP contribution in [0.2, 0.25) is 0 Å². The van der Waals surface area contributed by atoms with Crippen molar-refractivity contribution >= 4 is 15.9 Å². The number of rotatable bonds is 6. The molecule has 0 aliphatic carbocycles. The third-order valence-corrected chi connectivity index (χ3v) is 4.43. The molecule has 118 valence electrons. The molecule has 0 aromatic heterocycles. The second kappa shape index (κ2) is 6.87. The van der Waals surface area contributed by atoms with Crippen LogP contribution >= 0.6 is 0 Å². The van der Waals surface area contributed by atoms with E-state index < -0.39 is 16.1 Å². The summed E-state index contributed by atoms with van der Waals surface area (Å²) in [7, 11) is -3.44. The molecule has 1 heterocycles. The number of sulfonamides is 1. The van der Waals surface area contributed by atoms with Gasteiger partial charge in [0.1, 0.15) is 6.04 Å². The van der Waals surface area contributed by atoms with Gasteiger partial charge in [0.2, 0.25) is 15.9 Å². The molecule has 1 fully saturated rings. The number of carbonyl (C=O) groups excluding carboxylic acids is 1. The normalized spacial score (nSPS) is 25.2. The maximum absolute atomic E-state index is 12.6. The number of nitrogens with one attached hydrogen (secondary N) is 1. The van der Waals surface area contributed by atoms with Crippen LogP contribution in [0.4, 0.5) is 0 Å². The van der Waals surface area contributed by atoms with Crippen molar-refractivity contribution in [2.45, 2.75) is 45.7 Å². The van der Waals surface area contributed by atoms with E-state index in [0.717, 1.165) is 12.7 Å². The molecule has 0 spiro atoms. The Bertz CT molecular complexity index is 436. The van der Waals surface area contributed by atoms with E-state index in [1.165, 1.54) is 0 Å². The minimum Gasteiger partial charge on any atom is -0.394 e. The fourth-order valence-corrected chi connectivity index (χ4v) is 3.40. The van der Waals surface area contributed by atoms with Crippen LogP contribution in [0.3, 0.4) is 0 Å². The summed E-state index contributed by atoms with van der Waals surface area (Å²) in [5.41, 5.74) is 0. The summed E-state index contributed by atoms with van der Waals surface area (Å²) in [6.07, 6.45) is 2.35. The number of likely N-dealkylation sites (tertiary alicyclic amines) is 1. The van der Waals surface area contributed by atoms with Gasteiger partial charge in [0.15, 0.2) is 0 Å². The second-order valence-electron chi connectivity index (χ2n) is 6.12. The fourth-order valence-electron chi connectivity index (χ4n) is 2.69. The molecule has 1 aliphatic heterocycles. The summed E-state index contributed by atoms with van der Waals surface area (Å²) in [6, 6.07) is -0.956. The Morgan fingerprint density at radius 2 is 2.05 bits per heavy atom. The number of aliphatic hydroxyl groups excluding tert-OH is 1. The zero-order valence-electron chi connectivity index (χ0n) is 12.7. The summed E-state index contributed by atoms with van der Waals surface area (Å²) >= 11 is 0. The quantitative estimate of drug-likeness (QED) is 0.733. The number of amides is 1. The van der Waals surface area contributed by atoms with Crippen molar-refractivity contribution in [1.82, 2.24) is 9.62 Å². The lowest BCUT2D eigenvalue weighted by atomic mass is 10.0. The van der Waals surface area contributed by atoms with Crippen LogP contribution in [0.1, 0.15) is 33.6 Å². The summed E-state index contributed by atoms with van der Waals surface area (Å²) in [6.45, 7) is 6.38. The van der Waals surface area contributed by atoms with Crippen molar-refractivity contribution in [3.05, 3.63) is 0 Å². The fraction of sp³-hybridized carbons (Fsp3) is 0.923. The first-order chi connectivity index (χ1) is 9.15. The van der Waals surface area contributed by atoms with Gasteiger partial charge in [0.05, 0.1) is 18.9 Å². The summed E-state index contributed by atoms with van der Waals surface area (Å²) in [4.78, 5) is 14.2. The standard InChI is InChI=1S/C13H26N2O4S/c1-9(2)7-11(14-20(4,18)19)13(17)15-6-5-10(3)12(15)8-16/h9-12,14,16H,5-8H2,1-4H3. The Hall–Kier alpha value is -0.660. The smallest absolute Gasteiger partial charge is 0.241 e. The lowest BCUT2D eigenvalue weighted by Gasteiger charge is -2.30. The molecular weight excluding hydrogens is 280 g/mol. The van der Waals surface area contributed by atoms with Gasteiger partial charge in [-0.2, -0.15) is 0 Å². The third kappa shape index (κ3) is 4.71. The molecule has 3 atom stereocenters. The Kier molecular flexibility index (Phi) is 5.97. The predicted octanol–water partition coefficient (Wildman–Crippen LogP) is 0.180. The minimum atomic E-state index is -3.44. The van der Waals surface area contributed by atoms with Gasteiger partial charge in [0.25, 0.3) is 0 Å². The van der Waals surface area contributed by atoms with Gasteiger partial charge in [-0.15, -0.1) is 0 Å². The lowest BCUT2D eigenvalue weighted by molar-refractivity contribution is -0.135. The largest absolute Gasteiger partial charge is 0.394 e. The van der Waals surface area contributed by atoms with Crippen LogP contribution in [-0.2, 0) is 14.8 Å². The van der Waals surface area contributed by atoms with Crippen molar-refractivity contribution < 1.29 is 18.3 Å². The highest BCUT2D eigenvalue weighted by molar-refractivity contribution is 7.88. The van der Waals surface area contributed by atoms with Crippen LogP contribution in [0.25, 0.3) is 0 Å². The van der Waals surface area contributed by atoms with E-state index in [4.69, 9.17) is 0 Å². The molecule has 0 saturated carbocycles. The number of carbonyl (C=O) groups is 1. The van der Waals surface area contributed by atoms with E-state index >= 15 is 0 Å². The Morgan fingerprint density at radius 3 is 2.50 bits per heavy atom. The topological polar surface area (TPSA) is 86.7 Å². The van der Waals surface area contributed by atoms with Gasteiger partial charge >= 0.3 is 0 Å². The molecule has 0 aromatic carbocycles. The summed E-state index contributed by atoms with van der Waals surface area (Å²) in [5.74, 6) is 0.209. The van der Waals surface area contributed by atoms with Crippen LogP contribution in [0.5, 0.6) is 0 Å². The number of nitrogens with zero attached hydrogens (tertiary/aromatic N) is 1. The van der Waals surface area contributed by atoms with Crippen molar-refractivity contribution in [2.24, 2.45) is 11.8 Å². The Balaban J connectivity index is 2.87. The van der Waals surface area contributed by atoms with Gasteiger partial charge in [-0.05, 0) is 24.7 Å². The number of hydrogen-bond acceptors (Lipinski definition) is 4. The highest BCUT2D eigenvalue weighted by Gasteiger charge is 2.37. The first kappa shape index (κ1) is 17.4. The van der Waals surface area contributed by atoms with E-state index in [1.54, 1.807) is 4.90 Å². The van der Waals surface area contributed by atoms with Crippen molar-refractivity contribution in [3.63, 3.8) is 0 Å². The Morgan fingerprint density at radius 1 is 1.45 bits per heavy atom. The molecule has 3 unspecified atom stereocenters. The van der Waals surface area contributed by atoms with E-state index in [9.17, 15) is 18.3 Å². The molecule has 0 bridgehead atoms. The van der Waals surface area contributed by atoms with E-state index in [-0.39, 0.29) is 30.4 Å². The lowest BCUT2D eigenvalue weighted by Crippen LogP contribution is -2.51. The van der Waals surface area contributed by atoms with E-state index in [1.807, 2.05) is 20.8 Å². The first-order valence-corrected chi connectivity index (χ1v) is 8.93. The molecule has 0 radical (unpaired) electrons. The molecule has 1 aliphatic rings. The molecule has 1 amide bonds. The first-order valence-electron chi connectivity index (χ1n) is 7.04. The van der Waals surface area contributed by atoms with Crippen molar-refractivity contribution in [1.29, 1.82) is 0 Å². The zero-order valence-corrected chi connectivity index (χ0v) is 13.5. The molecule has 7 heteroatoms. The molecule has 1 saturated heterocycles. The van der Waals surface area contributed by atoms with Gasteiger partial charge in [-0.3, -0.25) is 4.79 Å². The SMILES string of the molecule is CC(C)CC(NS(C)(=O)=O)C(=O)N1CCC(C)C1CO. The average Bonchev–Trinajstić information content (AvgIpc) is 2.66. The van der Waals surface area contributed by atoms with E-state index in [2.05, 4.69) is 4.72 Å². The van der Waals surface area contributed by atoms with Crippen LogP contribution in [-0.4, -0.2) is 55.8 Å². The van der Waals surface area contributed by atoms with Crippen LogP contribution < -0.4 is 4.72 Å². The molecular formula is C13H26N2O4S. The molecule has 20 heavy (non-hydrogen) atoms. The highest BCUT2D eigenvalue weighted by Crippen LogP contribution is 2.25. The van der Waals surface area contributed by atoms with Gasteiger partial charge in [-0.1, -0.05) is 20.8 Å². The van der Waals surface area contributed by atoms with Crippen LogP contribution in [0, 0.1) is 11.8 Å². The molecule has 6 nitrogen and oxygen atoms in total. The van der Waals surface area contributed by atoms with Gasteiger partial charge < -0.3 is 10.0 Å². The summed E-state index contributed by atoms with van der Waals surface area (Å²) < 4.78 is 25.3. The number of hydrogen-bond donors (Lipinski definition) is 2. The number of aliphatic hydroxyl groups is 1. The van der Waals surface area contributed by atoms with Crippen LogP contribution in [0.15, 0.2) is 0 Å². The van der Waals surface area contributed by atoms with Crippen molar-refractivity contribution in [2.75, 3.05) is 19.4 Å². The highest BCUT2D eigenvalue weighted by atomic mass is 32.2. The maximum Gasteiger partial charge on any atom is 0.241 e. The third-order valence-electron chi connectivity index (χ3n) is 3.71. The molecule has 0 aromatic rings. The minimum absolute atomic E-state index is 0.0832. The molecule has 2 N–H and O–H groups in total. The second-order valence-corrected chi connectivity index (χ2v) is 7.90. The van der Waals surface area contributed by atoms with E-state index in [0.29, 0.717) is 13.0 Å².